The SMILES string of the molecule is CCCCCNCCCC(=O)NC. The molecule has 0 unspecified atom stereocenters. The maximum Gasteiger partial charge on any atom is 0.219 e. The molecule has 0 aromatic rings. The van der Waals surface area contributed by atoms with Crippen molar-refractivity contribution in [2.75, 3.05) is 20.1 Å². The third-order valence-corrected chi connectivity index (χ3v) is 1.99. The Balaban J connectivity index is 2.95. The van der Waals surface area contributed by atoms with Crippen molar-refractivity contribution in [2.45, 2.75) is 39.0 Å². The molecular formula is C10H22N2O. The first-order valence-electron chi connectivity index (χ1n) is 5.22. The van der Waals surface area contributed by atoms with E-state index in [-0.39, 0.29) is 5.91 Å². The monoisotopic (exact) mass is 186 g/mol. The fourth-order valence-corrected chi connectivity index (χ4v) is 1.12. The molecule has 13 heavy (non-hydrogen) atoms. The van der Waals surface area contributed by atoms with Gasteiger partial charge in [-0.25, -0.2) is 0 Å². The normalized spacial score (nSPS) is 10.0. The van der Waals surface area contributed by atoms with E-state index in [9.17, 15) is 4.79 Å². The molecule has 3 heteroatoms. The van der Waals surface area contributed by atoms with Crippen molar-refractivity contribution in [3.8, 4) is 0 Å². The number of unbranched alkanes of at least 4 members (excludes halogenated alkanes) is 2. The highest BCUT2D eigenvalue weighted by Crippen LogP contribution is 1.91. The van der Waals surface area contributed by atoms with E-state index in [0.717, 1.165) is 19.5 Å². The standard InChI is InChI=1S/C10H22N2O/c1-3-4-5-8-12-9-6-7-10(13)11-2/h12H,3-9H2,1-2H3,(H,11,13). The summed E-state index contributed by atoms with van der Waals surface area (Å²) in [6.07, 6.45) is 5.38. The second-order valence-corrected chi connectivity index (χ2v) is 3.23. The van der Waals surface area contributed by atoms with Crippen LogP contribution in [-0.4, -0.2) is 26.0 Å². The van der Waals surface area contributed by atoms with E-state index >= 15 is 0 Å². The minimum absolute atomic E-state index is 0.135. The summed E-state index contributed by atoms with van der Waals surface area (Å²) in [6.45, 7) is 4.24. The lowest BCUT2D eigenvalue weighted by Crippen LogP contribution is -2.21. The number of hydrogen-bond acceptors (Lipinski definition) is 2. The van der Waals surface area contributed by atoms with Gasteiger partial charge in [-0.05, 0) is 25.9 Å². The van der Waals surface area contributed by atoms with Gasteiger partial charge >= 0.3 is 0 Å². The molecule has 2 N–H and O–H groups in total. The van der Waals surface area contributed by atoms with E-state index in [1.54, 1.807) is 7.05 Å². The van der Waals surface area contributed by atoms with Gasteiger partial charge in [0.2, 0.25) is 5.91 Å². The maximum atomic E-state index is 10.8. The van der Waals surface area contributed by atoms with Crippen LogP contribution in [0, 0.1) is 0 Å². The largest absolute Gasteiger partial charge is 0.359 e. The molecule has 3 nitrogen and oxygen atoms in total. The molecule has 0 spiro atoms. The Morgan fingerprint density at radius 2 is 1.85 bits per heavy atom. The Morgan fingerprint density at radius 1 is 1.15 bits per heavy atom. The summed E-state index contributed by atoms with van der Waals surface area (Å²) in [5.74, 6) is 0.135. The van der Waals surface area contributed by atoms with Crippen LogP contribution in [0.1, 0.15) is 39.0 Å². The zero-order chi connectivity index (χ0) is 9.94. The van der Waals surface area contributed by atoms with Gasteiger partial charge < -0.3 is 10.6 Å². The average Bonchev–Trinajstić information content (AvgIpc) is 2.16. The molecule has 0 rings (SSSR count). The minimum atomic E-state index is 0.135. The van der Waals surface area contributed by atoms with Crippen LogP contribution < -0.4 is 10.6 Å². The molecule has 0 aromatic heterocycles. The minimum Gasteiger partial charge on any atom is -0.359 e. The van der Waals surface area contributed by atoms with Crippen molar-refractivity contribution in [3.63, 3.8) is 0 Å². The molecule has 0 saturated carbocycles. The third-order valence-electron chi connectivity index (χ3n) is 1.99. The topological polar surface area (TPSA) is 41.1 Å². The Morgan fingerprint density at radius 3 is 2.46 bits per heavy atom. The fraction of sp³-hybridized carbons (Fsp3) is 0.900. The lowest BCUT2D eigenvalue weighted by molar-refractivity contribution is -0.120. The fourth-order valence-electron chi connectivity index (χ4n) is 1.12. The van der Waals surface area contributed by atoms with Gasteiger partial charge in [-0.2, -0.15) is 0 Å². The van der Waals surface area contributed by atoms with Gasteiger partial charge in [0.1, 0.15) is 0 Å². The van der Waals surface area contributed by atoms with E-state index in [4.69, 9.17) is 0 Å². The molecule has 0 aliphatic rings. The molecule has 78 valence electrons. The third kappa shape index (κ3) is 9.34. The van der Waals surface area contributed by atoms with Crippen molar-refractivity contribution in [1.29, 1.82) is 0 Å². The van der Waals surface area contributed by atoms with Crippen LogP contribution in [0.5, 0.6) is 0 Å². The molecule has 0 aliphatic carbocycles. The van der Waals surface area contributed by atoms with Crippen LogP contribution in [0.3, 0.4) is 0 Å². The van der Waals surface area contributed by atoms with Crippen molar-refractivity contribution in [3.05, 3.63) is 0 Å². The molecule has 0 atom stereocenters. The number of rotatable bonds is 8. The second kappa shape index (κ2) is 9.52. The van der Waals surface area contributed by atoms with Gasteiger partial charge in [0.25, 0.3) is 0 Å². The number of hydrogen-bond donors (Lipinski definition) is 2. The maximum absolute atomic E-state index is 10.8. The predicted octanol–water partition coefficient (Wildman–Crippen LogP) is 1.29. The van der Waals surface area contributed by atoms with Crippen LogP contribution in [0.2, 0.25) is 0 Å². The van der Waals surface area contributed by atoms with Crippen molar-refractivity contribution < 1.29 is 4.79 Å². The van der Waals surface area contributed by atoms with Crippen LogP contribution in [0.4, 0.5) is 0 Å². The lowest BCUT2D eigenvalue weighted by atomic mass is 10.2. The number of nitrogens with one attached hydrogen (secondary N) is 2. The van der Waals surface area contributed by atoms with Crippen molar-refractivity contribution in [1.82, 2.24) is 10.6 Å². The van der Waals surface area contributed by atoms with Crippen LogP contribution >= 0.6 is 0 Å². The highest BCUT2D eigenvalue weighted by atomic mass is 16.1. The molecule has 0 aromatic carbocycles. The Hall–Kier alpha value is -0.570. The highest BCUT2D eigenvalue weighted by Gasteiger charge is 1.95. The first kappa shape index (κ1) is 12.4. The van der Waals surface area contributed by atoms with Crippen molar-refractivity contribution in [2.24, 2.45) is 0 Å². The van der Waals surface area contributed by atoms with Crippen LogP contribution in [0.15, 0.2) is 0 Å². The first-order chi connectivity index (χ1) is 6.31. The van der Waals surface area contributed by atoms with Crippen LogP contribution in [0.25, 0.3) is 0 Å². The highest BCUT2D eigenvalue weighted by molar-refractivity contribution is 5.75. The van der Waals surface area contributed by atoms with Gasteiger partial charge in [-0.1, -0.05) is 19.8 Å². The van der Waals surface area contributed by atoms with Gasteiger partial charge in [-0.15, -0.1) is 0 Å². The number of amides is 1. The van der Waals surface area contributed by atoms with E-state index < -0.39 is 0 Å². The predicted molar refractivity (Wildman–Crippen MR) is 55.7 cm³/mol. The molecule has 0 bridgehead atoms. The van der Waals surface area contributed by atoms with Gasteiger partial charge in [0, 0.05) is 13.5 Å². The molecule has 0 heterocycles. The van der Waals surface area contributed by atoms with E-state index in [2.05, 4.69) is 17.6 Å². The van der Waals surface area contributed by atoms with Crippen molar-refractivity contribution >= 4 is 5.91 Å². The van der Waals surface area contributed by atoms with Gasteiger partial charge in [-0.3, -0.25) is 4.79 Å². The summed E-state index contributed by atoms with van der Waals surface area (Å²) in [5, 5.41) is 5.93. The smallest absolute Gasteiger partial charge is 0.219 e. The summed E-state index contributed by atoms with van der Waals surface area (Å²) >= 11 is 0. The first-order valence-corrected chi connectivity index (χ1v) is 5.22. The lowest BCUT2D eigenvalue weighted by Gasteiger charge is -2.03. The quantitative estimate of drug-likeness (QED) is 0.561. The Bertz CT molecular complexity index is 126. The summed E-state index contributed by atoms with van der Waals surface area (Å²) in [6, 6.07) is 0. The molecule has 1 amide bonds. The number of carbonyl (C=O) groups excluding carboxylic acids is 1. The summed E-state index contributed by atoms with van der Waals surface area (Å²) in [5.41, 5.74) is 0. The summed E-state index contributed by atoms with van der Waals surface area (Å²) < 4.78 is 0. The summed E-state index contributed by atoms with van der Waals surface area (Å²) in [7, 11) is 1.68. The average molecular weight is 186 g/mol. The van der Waals surface area contributed by atoms with E-state index in [1.165, 1.54) is 19.3 Å². The molecule has 0 aliphatic heterocycles. The molecule has 0 fully saturated rings. The van der Waals surface area contributed by atoms with Gasteiger partial charge in [0.05, 0.1) is 0 Å². The van der Waals surface area contributed by atoms with E-state index in [0.29, 0.717) is 6.42 Å². The zero-order valence-corrected chi connectivity index (χ0v) is 8.86. The number of carbonyl (C=O) groups is 1. The zero-order valence-electron chi connectivity index (χ0n) is 8.86. The second-order valence-electron chi connectivity index (χ2n) is 3.23. The Labute approximate surface area is 81.3 Å². The van der Waals surface area contributed by atoms with Crippen LogP contribution in [-0.2, 0) is 4.79 Å². The molecule has 0 radical (unpaired) electrons. The summed E-state index contributed by atoms with van der Waals surface area (Å²) in [4.78, 5) is 10.8. The molecular weight excluding hydrogens is 164 g/mol. The molecule has 0 saturated heterocycles. The van der Waals surface area contributed by atoms with E-state index in [1.807, 2.05) is 0 Å². The van der Waals surface area contributed by atoms with Gasteiger partial charge in [0.15, 0.2) is 0 Å². The Kier molecular flexibility index (Phi) is 9.10.